The van der Waals surface area contributed by atoms with E-state index in [0.29, 0.717) is 13.2 Å². The van der Waals surface area contributed by atoms with Gasteiger partial charge in [-0.1, -0.05) is 19.3 Å². The van der Waals surface area contributed by atoms with Crippen molar-refractivity contribution < 1.29 is 17.9 Å². The van der Waals surface area contributed by atoms with Crippen LogP contribution < -0.4 is 5.32 Å². The second-order valence-corrected chi connectivity index (χ2v) is 3.99. The van der Waals surface area contributed by atoms with Crippen LogP contribution in [0.2, 0.25) is 0 Å². The maximum Gasteiger partial charge on any atom is 0.401 e. The van der Waals surface area contributed by atoms with Gasteiger partial charge in [0, 0.05) is 13.2 Å². The summed E-state index contributed by atoms with van der Waals surface area (Å²) in [7, 11) is 0. The normalized spacial score (nSPS) is 17.8. The van der Waals surface area contributed by atoms with Crippen molar-refractivity contribution in [3.63, 3.8) is 0 Å². The fourth-order valence-corrected chi connectivity index (χ4v) is 1.51. The lowest BCUT2D eigenvalue weighted by molar-refractivity contribution is -0.125. The first-order chi connectivity index (χ1) is 7.08. The van der Waals surface area contributed by atoms with Crippen LogP contribution in [0.5, 0.6) is 0 Å². The molecule has 90 valence electrons. The highest BCUT2D eigenvalue weighted by molar-refractivity contribution is 4.68. The van der Waals surface area contributed by atoms with Gasteiger partial charge in [-0.3, -0.25) is 0 Å². The molecule has 0 heterocycles. The fraction of sp³-hybridized carbons (Fsp3) is 1.00. The molecule has 0 spiro atoms. The Hall–Kier alpha value is -0.290. The zero-order valence-electron chi connectivity index (χ0n) is 8.78. The van der Waals surface area contributed by atoms with E-state index in [1.54, 1.807) is 0 Å². The molecule has 0 aromatic rings. The Morgan fingerprint density at radius 2 is 1.93 bits per heavy atom. The summed E-state index contributed by atoms with van der Waals surface area (Å²) in [5.74, 6) is 0.799. The molecule has 2 nitrogen and oxygen atoms in total. The fourth-order valence-electron chi connectivity index (χ4n) is 1.51. The number of rotatable bonds is 7. The predicted octanol–water partition coefficient (Wildman–Crippen LogP) is 2.35. The monoisotopic (exact) mass is 225 g/mol. The Morgan fingerprint density at radius 3 is 2.47 bits per heavy atom. The Labute approximate surface area is 88.2 Å². The summed E-state index contributed by atoms with van der Waals surface area (Å²) < 4.78 is 40.3. The maximum absolute atomic E-state index is 11.7. The van der Waals surface area contributed by atoms with Crippen molar-refractivity contribution in [3.8, 4) is 0 Å². The van der Waals surface area contributed by atoms with E-state index in [4.69, 9.17) is 4.74 Å². The first-order valence-electron chi connectivity index (χ1n) is 5.43. The molecule has 0 amide bonds. The lowest BCUT2D eigenvalue weighted by Gasteiger charge is -2.24. The van der Waals surface area contributed by atoms with Crippen molar-refractivity contribution in [1.29, 1.82) is 0 Å². The maximum atomic E-state index is 11.7. The van der Waals surface area contributed by atoms with Crippen LogP contribution in [0.25, 0.3) is 0 Å². The minimum Gasteiger partial charge on any atom is -0.380 e. The van der Waals surface area contributed by atoms with E-state index in [0.717, 1.165) is 12.3 Å². The molecule has 5 heteroatoms. The van der Waals surface area contributed by atoms with Crippen molar-refractivity contribution in [3.05, 3.63) is 0 Å². The van der Waals surface area contributed by atoms with E-state index in [1.807, 2.05) is 0 Å². The second-order valence-electron chi connectivity index (χ2n) is 3.99. The molecule has 15 heavy (non-hydrogen) atoms. The molecule has 0 unspecified atom stereocenters. The number of nitrogens with one attached hydrogen (secondary N) is 1. The van der Waals surface area contributed by atoms with E-state index < -0.39 is 12.7 Å². The SMILES string of the molecule is FC(F)(F)CNCCOCCC1CCC1. The molecule has 1 N–H and O–H groups in total. The molecule has 0 atom stereocenters. The standard InChI is InChI=1S/C10H18F3NO/c11-10(12,13)8-14-5-7-15-6-4-9-2-1-3-9/h9,14H,1-8H2. The van der Waals surface area contributed by atoms with Crippen LogP contribution in [0.4, 0.5) is 13.2 Å². The van der Waals surface area contributed by atoms with Gasteiger partial charge in [0.05, 0.1) is 13.2 Å². The molecule has 1 aliphatic rings. The largest absolute Gasteiger partial charge is 0.401 e. The first kappa shape index (κ1) is 12.8. The summed E-state index contributed by atoms with van der Waals surface area (Å²) in [6.07, 6.45) is 0.828. The average Bonchev–Trinajstić information content (AvgIpc) is 2.04. The van der Waals surface area contributed by atoms with Crippen molar-refractivity contribution in [2.75, 3.05) is 26.3 Å². The molecule has 1 fully saturated rings. The summed E-state index contributed by atoms with van der Waals surface area (Å²) in [6, 6.07) is 0. The number of hydrogen-bond donors (Lipinski definition) is 1. The van der Waals surface area contributed by atoms with Gasteiger partial charge in [-0.15, -0.1) is 0 Å². The molecular formula is C10H18F3NO. The zero-order chi connectivity index (χ0) is 11.1. The number of halogens is 3. The van der Waals surface area contributed by atoms with Crippen molar-refractivity contribution in [1.82, 2.24) is 5.32 Å². The Kier molecular flexibility index (Phi) is 5.39. The molecule has 1 rings (SSSR count). The average molecular weight is 225 g/mol. The topological polar surface area (TPSA) is 21.3 Å². The summed E-state index contributed by atoms with van der Waals surface area (Å²) in [5.41, 5.74) is 0. The van der Waals surface area contributed by atoms with Gasteiger partial charge in [0.25, 0.3) is 0 Å². The van der Waals surface area contributed by atoms with Gasteiger partial charge in [0.15, 0.2) is 0 Å². The lowest BCUT2D eigenvalue weighted by atomic mass is 9.83. The van der Waals surface area contributed by atoms with Gasteiger partial charge in [-0.2, -0.15) is 13.2 Å². The van der Waals surface area contributed by atoms with Gasteiger partial charge in [0.1, 0.15) is 0 Å². The highest BCUT2D eigenvalue weighted by Gasteiger charge is 2.25. The van der Waals surface area contributed by atoms with Crippen LogP contribution >= 0.6 is 0 Å². The third-order valence-electron chi connectivity index (χ3n) is 2.64. The van der Waals surface area contributed by atoms with Gasteiger partial charge in [0.2, 0.25) is 0 Å². The Morgan fingerprint density at radius 1 is 1.20 bits per heavy atom. The predicted molar refractivity (Wildman–Crippen MR) is 51.7 cm³/mol. The van der Waals surface area contributed by atoms with Crippen LogP contribution in [0.15, 0.2) is 0 Å². The Balaban J connectivity index is 1.76. The van der Waals surface area contributed by atoms with Crippen molar-refractivity contribution in [2.24, 2.45) is 5.92 Å². The minimum atomic E-state index is -4.12. The van der Waals surface area contributed by atoms with E-state index >= 15 is 0 Å². The summed E-state index contributed by atoms with van der Waals surface area (Å²) in [6.45, 7) is 0.379. The molecular weight excluding hydrogens is 207 g/mol. The second kappa shape index (κ2) is 6.33. The van der Waals surface area contributed by atoms with E-state index in [2.05, 4.69) is 5.32 Å². The van der Waals surface area contributed by atoms with E-state index in [1.165, 1.54) is 19.3 Å². The van der Waals surface area contributed by atoms with Crippen molar-refractivity contribution >= 4 is 0 Å². The molecule has 0 bridgehead atoms. The summed E-state index contributed by atoms with van der Waals surface area (Å²) in [4.78, 5) is 0. The third kappa shape index (κ3) is 6.73. The van der Waals surface area contributed by atoms with Crippen LogP contribution in [-0.4, -0.2) is 32.5 Å². The highest BCUT2D eigenvalue weighted by Crippen LogP contribution is 2.28. The summed E-state index contributed by atoms with van der Waals surface area (Å²) in [5, 5.41) is 2.29. The first-order valence-corrected chi connectivity index (χ1v) is 5.43. The molecule has 1 aliphatic carbocycles. The summed E-state index contributed by atoms with van der Waals surface area (Å²) >= 11 is 0. The van der Waals surface area contributed by atoms with Crippen molar-refractivity contribution in [2.45, 2.75) is 31.9 Å². The molecule has 0 aromatic carbocycles. The van der Waals surface area contributed by atoms with Gasteiger partial charge < -0.3 is 10.1 Å². The lowest BCUT2D eigenvalue weighted by Crippen LogP contribution is -2.31. The molecule has 1 saturated carbocycles. The van der Waals surface area contributed by atoms with Gasteiger partial charge in [-0.25, -0.2) is 0 Å². The van der Waals surface area contributed by atoms with Crippen LogP contribution in [0, 0.1) is 5.92 Å². The van der Waals surface area contributed by atoms with E-state index in [-0.39, 0.29) is 6.54 Å². The van der Waals surface area contributed by atoms with Crippen LogP contribution in [0.1, 0.15) is 25.7 Å². The van der Waals surface area contributed by atoms with Crippen LogP contribution in [0.3, 0.4) is 0 Å². The number of alkyl halides is 3. The molecule has 0 aromatic heterocycles. The Bertz CT molecular complexity index is 169. The third-order valence-corrected chi connectivity index (χ3v) is 2.64. The van der Waals surface area contributed by atoms with E-state index in [9.17, 15) is 13.2 Å². The quantitative estimate of drug-likeness (QED) is 0.671. The van der Waals surface area contributed by atoms with Gasteiger partial charge >= 0.3 is 6.18 Å². The van der Waals surface area contributed by atoms with Crippen LogP contribution in [-0.2, 0) is 4.74 Å². The minimum absolute atomic E-state index is 0.268. The smallest absolute Gasteiger partial charge is 0.380 e. The number of hydrogen-bond acceptors (Lipinski definition) is 2. The highest BCUT2D eigenvalue weighted by atomic mass is 19.4. The molecule has 0 aliphatic heterocycles. The number of ether oxygens (including phenoxy) is 1. The van der Waals surface area contributed by atoms with Gasteiger partial charge in [-0.05, 0) is 12.3 Å². The zero-order valence-corrected chi connectivity index (χ0v) is 8.78. The molecule has 0 radical (unpaired) electrons. The molecule has 0 saturated heterocycles.